The maximum Gasteiger partial charge on any atom is 0.156 e. The van der Waals surface area contributed by atoms with Crippen LogP contribution in [-0.2, 0) is 6.54 Å². The van der Waals surface area contributed by atoms with Gasteiger partial charge in [0.25, 0.3) is 0 Å². The minimum absolute atomic E-state index is 0.660. The fraction of sp³-hybridized carbons (Fsp3) is 0.385. The quantitative estimate of drug-likeness (QED) is 0.828. The molecule has 0 aliphatic heterocycles. The predicted molar refractivity (Wildman–Crippen MR) is 68.4 cm³/mol. The lowest BCUT2D eigenvalue weighted by molar-refractivity contribution is 0.549. The van der Waals surface area contributed by atoms with Crippen molar-refractivity contribution in [3.8, 4) is 11.5 Å². The predicted octanol–water partition coefficient (Wildman–Crippen LogP) is 2.22. The molecule has 2 aromatic heterocycles. The van der Waals surface area contributed by atoms with E-state index in [-0.39, 0.29) is 0 Å². The number of H-pyrrole nitrogens is 1. The molecular weight excluding hydrogens is 212 g/mol. The van der Waals surface area contributed by atoms with Gasteiger partial charge < -0.3 is 10.3 Å². The van der Waals surface area contributed by atoms with Crippen LogP contribution in [0.15, 0.2) is 30.6 Å². The van der Waals surface area contributed by atoms with Crippen molar-refractivity contribution in [2.45, 2.75) is 20.4 Å². The molecular formula is C13H18N4. The Kier molecular flexibility index (Phi) is 3.88. The Bertz CT molecular complexity index is 447. The van der Waals surface area contributed by atoms with Gasteiger partial charge in [-0.15, -0.1) is 0 Å². The minimum Gasteiger partial charge on any atom is -0.339 e. The standard InChI is InChI=1S/C13H18N4/c1-10(2)7-14-8-11-9-16-13(17-11)12-5-3-4-6-15-12/h3-6,9-10,14H,7-8H2,1-2H3,(H,16,17). The van der Waals surface area contributed by atoms with Crippen molar-refractivity contribution in [3.63, 3.8) is 0 Å². The number of imidazole rings is 1. The van der Waals surface area contributed by atoms with Gasteiger partial charge in [-0.25, -0.2) is 4.98 Å². The second-order valence-corrected chi connectivity index (χ2v) is 4.50. The molecule has 0 spiro atoms. The van der Waals surface area contributed by atoms with Crippen LogP contribution in [0.1, 0.15) is 19.5 Å². The highest BCUT2D eigenvalue weighted by Crippen LogP contribution is 2.11. The smallest absolute Gasteiger partial charge is 0.156 e. The summed E-state index contributed by atoms with van der Waals surface area (Å²) in [6, 6.07) is 5.81. The Morgan fingerprint density at radius 2 is 2.18 bits per heavy atom. The zero-order valence-corrected chi connectivity index (χ0v) is 10.3. The SMILES string of the molecule is CC(C)CNCc1cnc(-c2ccccn2)[nH]1. The molecule has 4 nitrogen and oxygen atoms in total. The number of aromatic amines is 1. The van der Waals surface area contributed by atoms with Crippen molar-refractivity contribution in [2.75, 3.05) is 6.54 Å². The van der Waals surface area contributed by atoms with E-state index in [2.05, 4.69) is 34.1 Å². The zero-order chi connectivity index (χ0) is 12.1. The van der Waals surface area contributed by atoms with Crippen LogP contribution in [0.3, 0.4) is 0 Å². The van der Waals surface area contributed by atoms with Crippen LogP contribution in [0.5, 0.6) is 0 Å². The van der Waals surface area contributed by atoms with Crippen LogP contribution in [0.4, 0.5) is 0 Å². The highest BCUT2D eigenvalue weighted by molar-refractivity contribution is 5.48. The van der Waals surface area contributed by atoms with Crippen molar-refractivity contribution < 1.29 is 0 Å². The van der Waals surface area contributed by atoms with Gasteiger partial charge in [-0.2, -0.15) is 0 Å². The first-order valence-electron chi connectivity index (χ1n) is 5.91. The normalized spacial score (nSPS) is 11.0. The summed E-state index contributed by atoms with van der Waals surface area (Å²) in [6.45, 7) is 6.22. The molecule has 0 aliphatic carbocycles. The number of nitrogens with one attached hydrogen (secondary N) is 2. The monoisotopic (exact) mass is 230 g/mol. The van der Waals surface area contributed by atoms with Crippen molar-refractivity contribution in [1.29, 1.82) is 0 Å². The van der Waals surface area contributed by atoms with E-state index >= 15 is 0 Å². The number of nitrogens with zero attached hydrogens (tertiary/aromatic N) is 2. The Morgan fingerprint density at radius 3 is 2.88 bits per heavy atom. The molecule has 0 saturated heterocycles. The first kappa shape index (κ1) is 11.8. The largest absolute Gasteiger partial charge is 0.339 e. The van der Waals surface area contributed by atoms with E-state index in [1.54, 1.807) is 6.20 Å². The fourth-order valence-corrected chi connectivity index (χ4v) is 1.58. The van der Waals surface area contributed by atoms with Crippen molar-refractivity contribution in [1.82, 2.24) is 20.3 Å². The third-order valence-electron chi connectivity index (χ3n) is 2.40. The average Bonchev–Trinajstić information content (AvgIpc) is 2.78. The molecule has 0 aliphatic rings. The fourth-order valence-electron chi connectivity index (χ4n) is 1.58. The number of hydrogen-bond acceptors (Lipinski definition) is 3. The third kappa shape index (κ3) is 3.39. The lowest BCUT2D eigenvalue weighted by Gasteiger charge is -2.05. The van der Waals surface area contributed by atoms with Crippen LogP contribution in [-0.4, -0.2) is 21.5 Å². The van der Waals surface area contributed by atoms with Gasteiger partial charge in [-0.1, -0.05) is 19.9 Å². The van der Waals surface area contributed by atoms with Crippen molar-refractivity contribution >= 4 is 0 Å². The Balaban J connectivity index is 1.97. The van der Waals surface area contributed by atoms with Crippen LogP contribution in [0.25, 0.3) is 11.5 Å². The molecule has 0 bridgehead atoms. The number of hydrogen-bond donors (Lipinski definition) is 2. The minimum atomic E-state index is 0.660. The number of aromatic nitrogens is 3. The number of pyridine rings is 1. The summed E-state index contributed by atoms with van der Waals surface area (Å²) in [5.41, 5.74) is 1.97. The van der Waals surface area contributed by atoms with Gasteiger partial charge in [-0.05, 0) is 24.6 Å². The molecule has 0 saturated carbocycles. The summed E-state index contributed by atoms with van der Waals surface area (Å²) in [5.74, 6) is 1.49. The van der Waals surface area contributed by atoms with Crippen molar-refractivity contribution in [3.05, 3.63) is 36.3 Å². The van der Waals surface area contributed by atoms with Gasteiger partial charge in [0, 0.05) is 18.4 Å². The first-order valence-corrected chi connectivity index (χ1v) is 5.91. The molecule has 2 heterocycles. The lowest BCUT2D eigenvalue weighted by Crippen LogP contribution is -2.19. The first-order chi connectivity index (χ1) is 8.25. The van der Waals surface area contributed by atoms with Gasteiger partial charge in [0.1, 0.15) is 5.69 Å². The summed E-state index contributed by atoms with van der Waals surface area (Å²) in [6.07, 6.45) is 3.63. The number of rotatable bonds is 5. The van der Waals surface area contributed by atoms with Gasteiger partial charge in [0.2, 0.25) is 0 Å². The summed E-state index contributed by atoms with van der Waals surface area (Å²) < 4.78 is 0. The van der Waals surface area contributed by atoms with E-state index in [0.29, 0.717) is 5.92 Å². The Morgan fingerprint density at radius 1 is 1.29 bits per heavy atom. The molecule has 0 unspecified atom stereocenters. The Hall–Kier alpha value is -1.68. The second kappa shape index (κ2) is 5.59. The molecule has 0 amide bonds. The van der Waals surface area contributed by atoms with Crippen molar-refractivity contribution in [2.24, 2.45) is 5.92 Å². The summed E-state index contributed by atoms with van der Waals surface area (Å²) in [7, 11) is 0. The molecule has 4 heteroatoms. The van der Waals surface area contributed by atoms with Gasteiger partial charge in [0.05, 0.1) is 6.20 Å². The van der Waals surface area contributed by atoms with Gasteiger partial charge >= 0.3 is 0 Å². The molecule has 2 N–H and O–H groups in total. The molecule has 0 radical (unpaired) electrons. The van der Waals surface area contributed by atoms with Gasteiger partial charge in [0.15, 0.2) is 5.82 Å². The van der Waals surface area contributed by atoms with E-state index in [0.717, 1.165) is 30.3 Å². The Labute approximate surface area is 102 Å². The molecule has 0 atom stereocenters. The van der Waals surface area contributed by atoms with Crippen LogP contribution in [0, 0.1) is 5.92 Å². The van der Waals surface area contributed by atoms with E-state index in [4.69, 9.17) is 0 Å². The second-order valence-electron chi connectivity index (χ2n) is 4.50. The molecule has 90 valence electrons. The molecule has 17 heavy (non-hydrogen) atoms. The summed E-state index contributed by atoms with van der Waals surface area (Å²) in [5, 5.41) is 3.37. The summed E-state index contributed by atoms with van der Waals surface area (Å²) >= 11 is 0. The average molecular weight is 230 g/mol. The lowest BCUT2D eigenvalue weighted by atomic mass is 10.2. The highest BCUT2D eigenvalue weighted by atomic mass is 15.0. The summed E-state index contributed by atoms with van der Waals surface area (Å²) in [4.78, 5) is 11.8. The van der Waals surface area contributed by atoms with E-state index < -0.39 is 0 Å². The maximum absolute atomic E-state index is 4.33. The third-order valence-corrected chi connectivity index (χ3v) is 2.40. The van der Waals surface area contributed by atoms with E-state index in [1.807, 2.05) is 24.4 Å². The van der Waals surface area contributed by atoms with E-state index in [1.165, 1.54) is 0 Å². The molecule has 2 rings (SSSR count). The maximum atomic E-state index is 4.33. The molecule has 2 aromatic rings. The topological polar surface area (TPSA) is 53.6 Å². The van der Waals surface area contributed by atoms with Crippen LogP contribution in [0.2, 0.25) is 0 Å². The van der Waals surface area contributed by atoms with Gasteiger partial charge in [-0.3, -0.25) is 4.98 Å². The molecule has 0 aromatic carbocycles. The van der Waals surface area contributed by atoms with Crippen LogP contribution < -0.4 is 5.32 Å². The van der Waals surface area contributed by atoms with E-state index in [9.17, 15) is 0 Å². The highest BCUT2D eigenvalue weighted by Gasteiger charge is 2.03. The van der Waals surface area contributed by atoms with Crippen LogP contribution >= 0.6 is 0 Å². The molecule has 0 fully saturated rings. The zero-order valence-electron chi connectivity index (χ0n) is 10.3.